The van der Waals surface area contributed by atoms with Crippen molar-refractivity contribution in [2.75, 3.05) is 6.54 Å². The van der Waals surface area contributed by atoms with Crippen molar-refractivity contribution in [3.8, 4) is 0 Å². The lowest BCUT2D eigenvalue weighted by molar-refractivity contribution is 0.351. The average molecular weight is 240 g/mol. The molecule has 1 fully saturated rings. The largest absolute Gasteiger partial charge is 0.314 e. The predicted octanol–water partition coefficient (Wildman–Crippen LogP) is 2.74. The summed E-state index contributed by atoms with van der Waals surface area (Å²) in [4.78, 5) is 0. The minimum absolute atomic E-state index is 0.781. The topological polar surface area (TPSA) is 12.0 Å². The molecule has 0 aromatic heterocycles. The van der Waals surface area contributed by atoms with Crippen LogP contribution in [0.3, 0.4) is 0 Å². The predicted molar refractivity (Wildman–Crippen MR) is 58.9 cm³/mol. The molecule has 13 heavy (non-hydrogen) atoms. The van der Waals surface area contributed by atoms with Gasteiger partial charge in [0.15, 0.2) is 0 Å². The number of benzene rings is 1. The summed E-state index contributed by atoms with van der Waals surface area (Å²) in [6.07, 6.45) is 3.84. The number of halogens is 1. The van der Waals surface area contributed by atoms with E-state index in [1.54, 1.807) is 0 Å². The second-order valence-corrected chi connectivity index (χ2v) is 4.52. The Hall–Kier alpha value is -0.340. The van der Waals surface area contributed by atoms with Crippen molar-refractivity contribution in [2.45, 2.75) is 25.3 Å². The van der Waals surface area contributed by atoms with E-state index < -0.39 is 0 Å². The number of rotatable bonds is 3. The van der Waals surface area contributed by atoms with E-state index in [1.807, 2.05) is 0 Å². The van der Waals surface area contributed by atoms with Gasteiger partial charge in [-0.3, -0.25) is 0 Å². The molecule has 0 amide bonds. The highest BCUT2D eigenvalue weighted by atomic mass is 79.9. The van der Waals surface area contributed by atoms with E-state index in [4.69, 9.17) is 0 Å². The van der Waals surface area contributed by atoms with Gasteiger partial charge in [0, 0.05) is 10.5 Å². The maximum absolute atomic E-state index is 3.44. The van der Waals surface area contributed by atoms with Gasteiger partial charge in [-0.15, -0.1) is 0 Å². The Morgan fingerprint density at radius 2 is 2.00 bits per heavy atom. The maximum Gasteiger partial charge on any atom is 0.0175 e. The van der Waals surface area contributed by atoms with Crippen molar-refractivity contribution in [3.63, 3.8) is 0 Å². The van der Waals surface area contributed by atoms with E-state index in [0.717, 1.165) is 10.5 Å². The molecule has 2 rings (SSSR count). The summed E-state index contributed by atoms with van der Waals surface area (Å²) in [6, 6.07) is 9.40. The zero-order valence-corrected chi connectivity index (χ0v) is 9.18. The molecule has 0 bridgehead atoms. The van der Waals surface area contributed by atoms with Crippen LogP contribution in [0.1, 0.15) is 18.4 Å². The molecular formula is C11H14BrN. The molecule has 2 heteroatoms. The number of hydrogen-bond acceptors (Lipinski definition) is 1. The fourth-order valence-electron chi connectivity index (χ4n) is 1.59. The minimum atomic E-state index is 0.781. The molecule has 1 aromatic rings. The molecule has 0 saturated carbocycles. The Kier molecular flexibility index (Phi) is 3.01. The van der Waals surface area contributed by atoms with Crippen molar-refractivity contribution in [1.82, 2.24) is 5.32 Å². The highest BCUT2D eigenvalue weighted by Crippen LogP contribution is 2.14. The Bertz CT molecular complexity index is 264. The monoisotopic (exact) mass is 239 g/mol. The zero-order valence-electron chi connectivity index (χ0n) is 7.59. The molecule has 1 unspecified atom stereocenters. The van der Waals surface area contributed by atoms with Gasteiger partial charge >= 0.3 is 0 Å². The summed E-state index contributed by atoms with van der Waals surface area (Å²) in [6.45, 7) is 1.21. The molecular weight excluding hydrogens is 226 g/mol. The molecule has 1 saturated heterocycles. The fraction of sp³-hybridized carbons (Fsp3) is 0.455. The van der Waals surface area contributed by atoms with Gasteiger partial charge in [0.2, 0.25) is 0 Å². The first-order chi connectivity index (χ1) is 6.34. The summed E-state index contributed by atoms with van der Waals surface area (Å²) in [7, 11) is 0. The average Bonchev–Trinajstić information content (AvgIpc) is 2.05. The highest BCUT2D eigenvalue weighted by Gasteiger charge is 2.15. The van der Waals surface area contributed by atoms with Crippen molar-refractivity contribution >= 4 is 15.9 Å². The van der Waals surface area contributed by atoms with Gasteiger partial charge in [0.05, 0.1) is 0 Å². The SMILES string of the molecule is Brc1ccc(CCC2CCN2)cc1. The molecule has 0 spiro atoms. The lowest BCUT2D eigenvalue weighted by Crippen LogP contribution is -2.42. The van der Waals surface area contributed by atoms with E-state index in [1.165, 1.54) is 31.4 Å². The summed E-state index contributed by atoms with van der Waals surface area (Å²) >= 11 is 3.44. The molecule has 0 radical (unpaired) electrons. The van der Waals surface area contributed by atoms with Crippen LogP contribution in [0.4, 0.5) is 0 Å². The van der Waals surface area contributed by atoms with E-state index in [-0.39, 0.29) is 0 Å². The molecule has 1 aliphatic rings. The van der Waals surface area contributed by atoms with Crippen molar-refractivity contribution < 1.29 is 0 Å². The van der Waals surface area contributed by atoms with Gasteiger partial charge in [-0.05, 0) is 43.5 Å². The van der Waals surface area contributed by atoms with Gasteiger partial charge in [0.1, 0.15) is 0 Å². The third-order valence-electron chi connectivity index (χ3n) is 2.62. The van der Waals surface area contributed by atoms with Gasteiger partial charge in [-0.1, -0.05) is 28.1 Å². The van der Waals surface area contributed by atoms with Crippen molar-refractivity contribution in [1.29, 1.82) is 0 Å². The first-order valence-corrected chi connectivity index (χ1v) is 5.62. The van der Waals surface area contributed by atoms with Gasteiger partial charge in [-0.2, -0.15) is 0 Å². The molecule has 1 N–H and O–H groups in total. The van der Waals surface area contributed by atoms with Crippen molar-refractivity contribution in [2.24, 2.45) is 0 Å². The quantitative estimate of drug-likeness (QED) is 0.856. The van der Waals surface area contributed by atoms with E-state index in [0.29, 0.717) is 0 Å². The lowest BCUT2D eigenvalue weighted by atomic mass is 9.99. The molecule has 1 aromatic carbocycles. The maximum atomic E-state index is 3.44. The minimum Gasteiger partial charge on any atom is -0.314 e. The standard InChI is InChI=1S/C11H14BrN/c12-10-4-1-9(2-5-10)3-6-11-7-8-13-11/h1-2,4-5,11,13H,3,6-8H2. The zero-order chi connectivity index (χ0) is 9.10. The third-order valence-corrected chi connectivity index (χ3v) is 3.15. The summed E-state index contributed by atoms with van der Waals surface area (Å²) in [5.41, 5.74) is 1.44. The van der Waals surface area contributed by atoms with Crippen LogP contribution in [0.25, 0.3) is 0 Å². The normalized spacial score (nSPS) is 21.2. The molecule has 0 aliphatic carbocycles. The van der Waals surface area contributed by atoms with E-state index in [2.05, 4.69) is 45.5 Å². The fourth-order valence-corrected chi connectivity index (χ4v) is 1.85. The molecule has 1 heterocycles. The Labute approximate surface area is 87.7 Å². The van der Waals surface area contributed by atoms with Crippen LogP contribution in [0.2, 0.25) is 0 Å². The summed E-state index contributed by atoms with van der Waals surface area (Å²) in [5, 5.41) is 3.42. The Morgan fingerprint density at radius 1 is 1.31 bits per heavy atom. The first-order valence-electron chi connectivity index (χ1n) is 4.82. The van der Waals surface area contributed by atoms with Crippen LogP contribution in [0.5, 0.6) is 0 Å². The van der Waals surface area contributed by atoms with Crippen LogP contribution in [-0.4, -0.2) is 12.6 Å². The van der Waals surface area contributed by atoms with Crippen LogP contribution < -0.4 is 5.32 Å². The third kappa shape index (κ3) is 2.55. The van der Waals surface area contributed by atoms with Crippen LogP contribution in [-0.2, 0) is 6.42 Å². The molecule has 1 atom stereocenters. The van der Waals surface area contributed by atoms with E-state index >= 15 is 0 Å². The summed E-state index contributed by atoms with van der Waals surface area (Å²) in [5.74, 6) is 0. The highest BCUT2D eigenvalue weighted by molar-refractivity contribution is 9.10. The second kappa shape index (κ2) is 4.25. The smallest absolute Gasteiger partial charge is 0.0175 e. The molecule has 1 nitrogen and oxygen atoms in total. The Balaban J connectivity index is 1.83. The number of nitrogens with one attached hydrogen (secondary N) is 1. The van der Waals surface area contributed by atoms with Gasteiger partial charge in [0.25, 0.3) is 0 Å². The number of hydrogen-bond donors (Lipinski definition) is 1. The molecule has 1 aliphatic heterocycles. The molecule has 70 valence electrons. The number of aryl methyl sites for hydroxylation is 1. The van der Waals surface area contributed by atoms with Crippen LogP contribution in [0.15, 0.2) is 28.7 Å². The summed E-state index contributed by atoms with van der Waals surface area (Å²) < 4.78 is 1.16. The lowest BCUT2D eigenvalue weighted by Gasteiger charge is -2.27. The Morgan fingerprint density at radius 3 is 2.54 bits per heavy atom. The van der Waals surface area contributed by atoms with Crippen LogP contribution >= 0.6 is 15.9 Å². The van der Waals surface area contributed by atoms with Gasteiger partial charge < -0.3 is 5.32 Å². The second-order valence-electron chi connectivity index (χ2n) is 3.60. The van der Waals surface area contributed by atoms with Crippen molar-refractivity contribution in [3.05, 3.63) is 34.3 Å². The first kappa shape index (κ1) is 9.22. The van der Waals surface area contributed by atoms with Crippen LogP contribution in [0, 0.1) is 0 Å². The van der Waals surface area contributed by atoms with Gasteiger partial charge in [-0.25, -0.2) is 0 Å². The van der Waals surface area contributed by atoms with E-state index in [9.17, 15) is 0 Å².